The van der Waals surface area contributed by atoms with Crippen molar-refractivity contribution in [3.05, 3.63) is 12.2 Å². The van der Waals surface area contributed by atoms with E-state index in [9.17, 15) is 4.79 Å². The van der Waals surface area contributed by atoms with Crippen molar-refractivity contribution in [3.8, 4) is 6.07 Å². The summed E-state index contributed by atoms with van der Waals surface area (Å²) in [5.74, 6) is -0.527. The normalized spacial score (nSPS) is 12.4. The third-order valence-electron chi connectivity index (χ3n) is 1.16. The average molecular weight is 169 g/mol. The number of carbonyl (C=O) groups is 1. The summed E-state index contributed by atoms with van der Waals surface area (Å²) in [5.41, 5.74) is 0. The van der Waals surface area contributed by atoms with Crippen molar-refractivity contribution in [2.75, 3.05) is 13.7 Å². The zero-order chi connectivity index (χ0) is 9.40. The minimum Gasteiger partial charge on any atom is -0.460 e. The van der Waals surface area contributed by atoms with Crippen LogP contribution in [0.1, 0.15) is 6.92 Å². The van der Waals surface area contributed by atoms with Gasteiger partial charge in [-0.3, -0.25) is 0 Å². The van der Waals surface area contributed by atoms with Gasteiger partial charge in [0.25, 0.3) is 0 Å². The number of ether oxygens (including phenoxy) is 2. The molecule has 0 fully saturated rings. The lowest BCUT2D eigenvalue weighted by Crippen LogP contribution is -2.16. The molecule has 12 heavy (non-hydrogen) atoms. The summed E-state index contributed by atoms with van der Waals surface area (Å²) in [6.07, 6.45) is 2.02. The van der Waals surface area contributed by atoms with Gasteiger partial charge in [0.15, 0.2) is 0 Å². The largest absolute Gasteiger partial charge is 0.460 e. The van der Waals surface area contributed by atoms with Crippen LogP contribution in [0, 0.1) is 11.3 Å². The Morgan fingerprint density at radius 2 is 2.42 bits per heavy atom. The van der Waals surface area contributed by atoms with Gasteiger partial charge in [0.05, 0.1) is 12.2 Å². The van der Waals surface area contributed by atoms with Crippen LogP contribution in [0.25, 0.3) is 0 Å². The van der Waals surface area contributed by atoms with Gasteiger partial charge in [-0.2, -0.15) is 5.26 Å². The minimum atomic E-state index is -0.527. The molecule has 0 aromatic carbocycles. The highest BCUT2D eigenvalue weighted by Crippen LogP contribution is 1.90. The molecule has 1 unspecified atom stereocenters. The molecule has 0 radical (unpaired) electrons. The Morgan fingerprint density at radius 1 is 1.75 bits per heavy atom. The van der Waals surface area contributed by atoms with E-state index in [2.05, 4.69) is 0 Å². The first-order valence-corrected chi connectivity index (χ1v) is 3.46. The van der Waals surface area contributed by atoms with Gasteiger partial charge < -0.3 is 9.47 Å². The molecule has 0 aliphatic rings. The molecule has 0 saturated carbocycles. The molecule has 1 atom stereocenters. The van der Waals surface area contributed by atoms with Gasteiger partial charge >= 0.3 is 5.97 Å². The fraction of sp³-hybridized carbons (Fsp3) is 0.500. The Bertz CT molecular complexity index is 205. The van der Waals surface area contributed by atoms with Gasteiger partial charge in [-0.25, -0.2) is 4.79 Å². The van der Waals surface area contributed by atoms with E-state index < -0.39 is 5.97 Å². The first kappa shape index (κ1) is 10.7. The minimum absolute atomic E-state index is 0.121. The Balaban J connectivity index is 3.59. The SMILES string of the molecule is COC(C)COC(=O)C=CC#N. The second kappa shape index (κ2) is 6.38. The first-order valence-electron chi connectivity index (χ1n) is 3.46. The van der Waals surface area contributed by atoms with E-state index in [-0.39, 0.29) is 12.7 Å². The van der Waals surface area contributed by atoms with Gasteiger partial charge in [0.1, 0.15) is 6.61 Å². The Kier molecular flexibility index (Phi) is 5.66. The van der Waals surface area contributed by atoms with E-state index in [0.29, 0.717) is 0 Å². The lowest BCUT2D eigenvalue weighted by Gasteiger charge is -2.07. The molecule has 0 amide bonds. The number of methoxy groups -OCH3 is 1. The van der Waals surface area contributed by atoms with Crippen molar-refractivity contribution in [2.45, 2.75) is 13.0 Å². The second-order valence-electron chi connectivity index (χ2n) is 2.14. The standard InChI is InChI=1S/C8H11NO3/c1-7(11-2)6-12-8(10)4-3-5-9/h3-4,7H,6H2,1-2H3. The van der Waals surface area contributed by atoms with E-state index >= 15 is 0 Å². The Labute approximate surface area is 71.4 Å². The first-order chi connectivity index (χ1) is 5.70. The summed E-state index contributed by atoms with van der Waals surface area (Å²) in [6, 6.07) is 1.69. The summed E-state index contributed by atoms with van der Waals surface area (Å²) in [5, 5.41) is 8.07. The van der Waals surface area contributed by atoms with Gasteiger partial charge in [-0.15, -0.1) is 0 Å². The lowest BCUT2D eigenvalue weighted by molar-refractivity contribution is -0.140. The van der Waals surface area contributed by atoms with Crippen LogP contribution in [0.5, 0.6) is 0 Å². The molecule has 0 bridgehead atoms. The maximum absolute atomic E-state index is 10.7. The average Bonchev–Trinajstić information content (AvgIpc) is 2.10. The number of hydrogen-bond donors (Lipinski definition) is 0. The maximum Gasteiger partial charge on any atom is 0.331 e. The van der Waals surface area contributed by atoms with E-state index in [1.807, 2.05) is 0 Å². The van der Waals surface area contributed by atoms with Crippen LogP contribution in [0.15, 0.2) is 12.2 Å². The predicted molar refractivity (Wildman–Crippen MR) is 42.2 cm³/mol. The van der Waals surface area contributed by atoms with Gasteiger partial charge in [-0.05, 0) is 6.92 Å². The van der Waals surface area contributed by atoms with Gasteiger partial charge in [0, 0.05) is 19.3 Å². The monoisotopic (exact) mass is 169 g/mol. The molecule has 0 aromatic rings. The van der Waals surface area contributed by atoms with Crippen LogP contribution in [-0.4, -0.2) is 25.8 Å². The lowest BCUT2D eigenvalue weighted by atomic mass is 10.4. The predicted octanol–water partition coefficient (Wildman–Crippen LogP) is 0.644. The maximum atomic E-state index is 10.7. The van der Waals surface area contributed by atoms with Crippen molar-refractivity contribution in [1.29, 1.82) is 5.26 Å². The quantitative estimate of drug-likeness (QED) is 0.352. The molecule has 0 saturated heterocycles. The van der Waals surface area contributed by atoms with Crippen LogP contribution >= 0.6 is 0 Å². The molecule has 0 heterocycles. The van der Waals surface area contributed by atoms with Crippen molar-refractivity contribution in [1.82, 2.24) is 0 Å². The topological polar surface area (TPSA) is 59.3 Å². The number of nitriles is 1. The summed E-state index contributed by atoms with van der Waals surface area (Å²) in [4.78, 5) is 10.7. The van der Waals surface area contributed by atoms with Crippen molar-refractivity contribution >= 4 is 5.97 Å². The highest BCUT2D eigenvalue weighted by Gasteiger charge is 2.02. The van der Waals surface area contributed by atoms with Crippen molar-refractivity contribution in [2.24, 2.45) is 0 Å². The third-order valence-corrected chi connectivity index (χ3v) is 1.16. The molecule has 4 heteroatoms. The smallest absolute Gasteiger partial charge is 0.331 e. The fourth-order valence-electron chi connectivity index (χ4n) is 0.421. The molecular weight excluding hydrogens is 158 g/mol. The van der Waals surface area contributed by atoms with Gasteiger partial charge in [-0.1, -0.05) is 0 Å². The van der Waals surface area contributed by atoms with E-state index in [1.165, 1.54) is 7.11 Å². The van der Waals surface area contributed by atoms with Crippen LogP contribution in [0.3, 0.4) is 0 Å². The Morgan fingerprint density at radius 3 is 2.92 bits per heavy atom. The number of hydrogen-bond acceptors (Lipinski definition) is 4. The highest BCUT2D eigenvalue weighted by atomic mass is 16.6. The molecule has 0 aliphatic heterocycles. The number of esters is 1. The molecule has 0 rings (SSSR count). The van der Waals surface area contributed by atoms with E-state index in [1.54, 1.807) is 13.0 Å². The zero-order valence-corrected chi connectivity index (χ0v) is 7.11. The molecule has 0 spiro atoms. The van der Waals surface area contributed by atoms with Crippen molar-refractivity contribution < 1.29 is 14.3 Å². The molecule has 66 valence electrons. The van der Waals surface area contributed by atoms with E-state index in [4.69, 9.17) is 14.7 Å². The molecule has 0 aromatic heterocycles. The third kappa shape index (κ3) is 5.45. The molecule has 4 nitrogen and oxygen atoms in total. The molecule has 0 N–H and O–H groups in total. The Hall–Kier alpha value is -1.34. The van der Waals surface area contributed by atoms with Crippen LogP contribution < -0.4 is 0 Å². The molecular formula is C8H11NO3. The molecule has 0 aliphatic carbocycles. The number of allylic oxidation sites excluding steroid dienone is 1. The number of carbonyl (C=O) groups excluding carboxylic acids is 1. The second-order valence-corrected chi connectivity index (χ2v) is 2.14. The summed E-state index contributed by atoms with van der Waals surface area (Å²) >= 11 is 0. The highest BCUT2D eigenvalue weighted by molar-refractivity contribution is 5.82. The summed E-state index contributed by atoms with van der Waals surface area (Å²) in [7, 11) is 1.53. The van der Waals surface area contributed by atoms with Crippen LogP contribution in [0.2, 0.25) is 0 Å². The van der Waals surface area contributed by atoms with Crippen LogP contribution in [0.4, 0.5) is 0 Å². The summed E-state index contributed by atoms with van der Waals surface area (Å²) in [6.45, 7) is 1.98. The number of rotatable bonds is 4. The van der Waals surface area contributed by atoms with Gasteiger partial charge in [0.2, 0.25) is 0 Å². The van der Waals surface area contributed by atoms with Crippen molar-refractivity contribution in [3.63, 3.8) is 0 Å². The number of nitrogens with zero attached hydrogens (tertiary/aromatic N) is 1. The fourth-order valence-corrected chi connectivity index (χ4v) is 0.421. The summed E-state index contributed by atoms with van der Waals surface area (Å²) < 4.78 is 9.53. The van der Waals surface area contributed by atoms with Crippen LogP contribution in [-0.2, 0) is 14.3 Å². The van der Waals surface area contributed by atoms with E-state index in [0.717, 1.165) is 12.2 Å². The zero-order valence-electron chi connectivity index (χ0n) is 7.11.